The number of hydrogen-bond acceptors (Lipinski definition) is 5. The van der Waals surface area contributed by atoms with E-state index < -0.39 is 0 Å². The van der Waals surface area contributed by atoms with Crippen molar-refractivity contribution in [2.24, 2.45) is 0 Å². The molecule has 0 aromatic carbocycles. The Labute approximate surface area is 118 Å². The molecule has 0 aliphatic carbocycles. The molecule has 2 heterocycles. The fourth-order valence-corrected chi connectivity index (χ4v) is 2.67. The lowest BCUT2D eigenvalue weighted by molar-refractivity contribution is 0.492. The summed E-state index contributed by atoms with van der Waals surface area (Å²) in [4.78, 5) is 2.42. The summed E-state index contributed by atoms with van der Waals surface area (Å²) in [6, 6.07) is 4.18. The molecule has 0 spiro atoms. The molecule has 2 aromatic heterocycles. The molecule has 0 bridgehead atoms. The monoisotopic (exact) mass is 279 g/mol. The van der Waals surface area contributed by atoms with Crippen LogP contribution in [-0.2, 0) is 12.8 Å². The molecule has 0 aliphatic heterocycles. The highest BCUT2D eigenvalue weighted by Gasteiger charge is 2.10. The van der Waals surface area contributed by atoms with Gasteiger partial charge in [0.15, 0.2) is 0 Å². The first-order valence-electron chi connectivity index (χ1n) is 6.95. The predicted octanol–water partition coefficient (Wildman–Crippen LogP) is 3.29. The lowest BCUT2D eigenvalue weighted by atomic mass is 10.3. The summed E-state index contributed by atoms with van der Waals surface area (Å²) < 4.78 is 5.69. The van der Waals surface area contributed by atoms with E-state index in [4.69, 9.17) is 4.42 Å². The summed E-state index contributed by atoms with van der Waals surface area (Å²) in [5.74, 6) is 1.39. The maximum absolute atomic E-state index is 5.69. The van der Waals surface area contributed by atoms with E-state index in [1.807, 2.05) is 0 Å². The molecule has 5 heteroatoms. The highest BCUT2D eigenvalue weighted by molar-refractivity contribution is 7.15. The summed E-state index contributed by atoms with van der Waals surface area (Å²) in [5, 5.41) is 11.6. The Morgan fingerprint density at radius 2 is 2.11 bits per heavy atom. The van der Waals surface area contributed by atoms with Crippen LogP contribution < -0.4 is 5.32 Å². The first kappa shape index (κ1) is 14.2. The quantitative estimate of drug-likeness (QED) is 0.753. The van der Waals surface area contributed by atoms with Gasteiger partial charge >= 0.3 is 0 Å². The minimum absolute atomic E-state index is 0.654. The second kappa shape index (κ2) is 7.40. The maximum Gasteiger partial charge on any atom is 0.257 e. The van der Waals surface area contributed by atoms with E-state index in [0.29, 0.717) is 5.89 Å². The van der Waals surface area contributed by atoms with Crippen LogP contribution in [0.1, 0.15) is 37.5 Å². The minimum atomic E-state index is 0.654. The van der Waals surface area contributed by atoms with Gasteiger partial charge in [-0.3, -0.25) is 0 Å². The first-order valence-corrected chi connectivity index (χ1v) is 7.77. The van der Waals surface area contributed by atoms with Gasteiger partial charge < -0.3 is 9.73 Å². The molecule has 2 rings (SSSR count). The van der Waals surface area contributed by atoms with Gasteiger partial charge in [-0.25, -0.2) is 0 Å². The molecule has 0 unspecified atom stereocenters. The van der Waals surface area contributed by atoms with Crippen molar-refractivity contribution >= 4 is 11.3 Å². The van der Waals surface area contributed by atoms with Gasteiger partial charge in [-0.1, -0.05) is 13.8 Å². The van der Waals surface area contributed by atoms with Crippen LogP contribution >= 0.6 is 11.3 Å². The van der Waals surface area contributed by atoms with E-state index in [2.05, 4.69) is 41.5 Å². The van der Waals surface area contributed by atoms with Crippen molar-refractivity contribution in [1.82, 2.24) is 15.5 Å². The van der Waals surface area contributed by atoms with E-state index in [9.17, 15) is 0 Å². The molecule has 2 aromatic rings. The van der Waals surface area contributed by atoms with Crippen molar-refractivity contribution in [1.29, 1.82) is 0 Å². The number of thiophene rings is 1. The Balaban J connectivity index is 1.84. The van der Waals surface area contributed by atoms with Crippen LogP contribution in [0.3, 0.4) is 0 Å². The summed E-state index contributed by atoms with van der Waals surface area (Å²) in [6.07, 6.45) is 4.10. The number of aromatic nitrogens is 2. The Morgan fingerprint density at radius 1 is 1.21 bits per heavy atom. The number of nitrogens with one attached hydrogen (secondary N) is 1. The average molecular weight is 279 g/mol. The van der Waals surface area contributed by atoms with Crippen LogP contribution in [0.4, 0.5) is 0 Å². The normalized spacial score (nSPS) is 11.1. The number of aryl methyl sites for hydroxylation is 2. The fraction of sp³-hybridized carbons (Fsp3) is 0.571. The molecule has 0 amide bonds. The van der Waals surface area contributed by atoms with Gasteiger partial charge in [0.2, 0.25) is 5.89 Å². The Bertz CT molecular complexity index is 492. The highest BCUT2D eigenvalue weighted by atomic mass is 32.1. The molecule has 1 N–H and O–H groups in total. The second-order valence-electron chi connectivity index (χ2n) is 4.47. The molecule has 0 aliphatic rings. The largest absolute Gasteiger partial charge is 0.420 e. The Hall–Kier alpha value is -1.20. The van der Waals surface area contributed by atoms with Crippen molar-refractivity contribution in [3.8, 4) is 10.8 Å². The lowest BCUT2D eigenvalue weighted by Gasteiger charge is -1.99. The zero-order chi connectivity index (χ0) is 13.5. The zero-order valence-electron chi connectivity index (χ0n) is 11.6. The van der Waals surface area contributed by atoms with Crippen LogP contribution in [0.25, 0.3) is 10.8 Å². The van der Waals surface area contributed by atoms with Crippen LogP contribution in [0, 0.1) is 0 Å². The molecule has 0 atom stereocenters. The van der Waals surface area contributed by atoms with E-state index in [1.54, 1.807) is 11.3 Å². The zero-order valence-corrected chi connectivity index (χ0v) is 12.4. The molecule has 0 fully saturated rings. The molecule has 19 heavy (non-hydrogen) atoms. The lowest BCUT2D eigenvalue weighted by Crippen LogP contribution is -2.16. The third-order valence-electron chi connectivity index (χ3n) is 2.86. The van der Waals surface area contributed by atoms with E-state index >= 15 is 0 Å². The van der Waals surface area contributed by atoms with Gasteiger partial charge in [-0.05, 0) is 44.5 Å². The first-order chi connectivity index (χ1) is 9.33. The topological polar surface area (TPSA) is 51.0 Å². The summed E-state index contributed by atoms with van der Waals surface area (Å²) in [7, 11) is 0. The van der Waals surface area contributed by atoms with Crippen molar-refractivity contribution in [2.45, 2.75) is 39.5 Å². The van der Waals surface area contributed by atoms with Gasteiger partial charge in [0.25, 0.3) is 5.89 Å². The maximum atomic E-state index is 5.69. The van der Waals surface area contributed by atoms with Crippen LogP contribution in [-0.4, -0.2) is 23.3 Å². The molecule has 104 valence electrons. The third kappa shape index (κ3) is 4.14. The Kier molecular flexibility index (Phi) is 5.54. The Morgan fingerprint density at radius 3 is 2.84 bits per heavy atom. The molecule has 4 nitrogen and oxygen atoms in total. The van der Waals surface area contributed by atoms with E-state index in [-0.39, 0.29) is 0 Å². The molecule has 0 saturated carbocycles. The summed E-state index contributed by atoms with van der Waals surface area (Å²) >= 11 is 1.73. The van der Waals surface area contributed by atoms with Crippen LogP contribution in [0.2, 0.25) is 0 Å². The third-order valence-corrected chi connectivity index (χ3v) is 4.08. The predicted molar refractivity (Wildman–Crippen MR) is 78.5 cm³/mol. The van der Waals surface area contributed by atoms with E-state index in [0.717, 1.165) is 43.1 Å². The number of hydrogen-bond donors (Lipinski definition) is 1. The molecular formula is C14H21N3OS. The van der Waals surface area contributed by atoms with Crippen molar-refractivity contribution in [3.05, 3.63) is 22.9 Å². The van der Waals surface area contributed by atoms with E-state index in [1.165, 1.54) is 11.3 Å². The summed E-state index contributed by atoms with van der Waals surface area (Å²) in [6.45, 7) is 6.40. The van der Waals surface area contributed by atoms with Gasteiger partial charge in [0, 0.05) is 11.3 Å². The van der Waals surface area contributed by atoms with Crippen molar-refractivity contribution in [2.75, 3.05) is 13.1 Å². The highest BCUT2D eigenvalue weighted by Crippen LogP contribution is 2.27. The second-order valence-corrected chi connectivity index (χ2v) is 5.64. The smallest absolute Gasteiger partial charge is 0.257 e. The van der Waals surface area contributed by atoms with Crippen LogP contribution in [0.5, 0.6) is 0 Å². The number of rotatable bonds is 8. The fourth-order valence-electron chi connectivity index (χ4n) is 1.80. The standard InChI is InChI=1S/C14H21N3OS/c1-3-9-15-10-5-6-13-16-17-14(18-13)12-8-7-11(4-2)19-12/h7-8,15H,3-6,9-10H2,1-2H3. The SMILES string of the molecule is CCCNCCCc1nnc(-c2ccc(CC)s2)o1. The minimum Gasteiger partial charge on any atom is -0.420 e. The average Bonchev–Trinajstić information content (AvgIpc) is 3.07. The van der Waals surface area contributed by atoms with Crippen molar-refractivity contribution in [3.63, 3.8) is 0 Å². The van der Waals surface area contributed by atoms with Gasteiger partial charge in [0.1, 0.15) is 0 Å². The molecule has 0 saturated heterocycles. The van der Waals surface area contributed by atoms with Crippen LogP contribution in [0.15, 0.2) is 16.5 Å². The number of nitrogens with zero attached hydrogens (tertiary/aromatic N) is 2. The van der Waals surface area contributed by atoms with Crippen molar-refractivity contribution < 1.29 is 4.42 Å². The molecular weight excluding hydrogens is 258 g/mol. The summed E-state index contributed by atoms with van der Waals surface area (Å²) in [5.41, 5.74) is 0. The molecule has 0 radical (unpaired) electrons. The van der Waals surface area contributed by atoms with Gasteiger partial charge in [-0.2, -0.15) is 0 Å². The van der Waals surface area contributed by atoms with Gasteiger partial charge in [0.05, 0.1) is 4.88 Å². The van der Waals surface area contributed by atoms with Gasteiger partial charge in [-0.15, -0.1) is 21.5 Å².